The lowest BCUT2D eigenvalue weighted by Crippen LogP contribution is -2.47. The summed E-state index contributed by atoms with van der Waals surface area (Å²) in [5.41, 5.74) is 3.20. The van der Waals surface area contributed by atoms with E-state index in [-0.39, 0.29) is 5.91 Å². The Hall–Kier alpha value is -3.29. The average Bonchev–Trinajstić information content (AvgIpc) is 3.44. The number of hydrogen-bond donors (Lipinski definition) is 0. The van der Waals surface area contributed by atoms with E-state index < -0.39 is 0 Å². The molecule has 0 bridgehead atoms. The third kappa shape index (κ3) is 4.95. The van der Waals surface area contributed by atoms with Gasteiger partial charge in [0, 0.05) is 44.0 Å². The predicted octanol–water partition coefficient (Wildman–Crippen LogP) is 3.90. The van der Waals surface area contributed by atoms with E-state index in [2.05, 4.69) is 40.3 Å². The Kier molecular flexibility index (Phi) is 6.09. The molecule has 0 spiro atoms. The molecule has 0 unspecified atom stereocenters. The van der Waals surface area contributed by atoms with E-state index in [0.29, 0.717) is 0 Å². The zero-order valence-electron chi connectivity index (χ0n) is 17.8. The van der Waals surface area contributed by atoms with Crippen LogP contribution in [0.3, 0.4) is 0 Å². The molecular weight excluding hydrogens is 418 g/mol. The van der Waals surface area contributed by atoms with Crippen molar-refractivity contribution in [2.45, 2.75) is 13.1 Å². The summed E-state index contributed by atoms with van der Waals surface area (Å²) >= 11 is 1.75. The van der Waals surface area contributed by atoms with Crippen molar-refractivity contribution in [1.29, 1.82) is 0 Å². The van der Waals surface area contributed by atoms with E-state index in [1.165, 1.54) is 10.3 Å². The highest BCUT2D eigenvalue weighted by Gasteiger charge is 2.20. The van der Waals surface area contributed by atoms with Crippen LogP contribution in [0.15, 0.2) is 73.1 Å². The average molecular weight is 444 g/mol. The van der Waals surface area contributed by atoms with Crippen LogP contribution in [0.2, 0.25) is 0 Å². The fraction of sp³-hybridized carbons (Fsp3) is 0.240. The first-order valence-electron chi connectivity index (χ1n) is 10.8. The fourth-order valence-electron chi connectivity index (χ4n) is 3.90. The smallest absolute Gasteiger partial charge is 0.246 e. The number of piperazine rings is 1. The maximum atomic E-state index is 12.6. The Balaban J connectivity index is 1.11. The van der Waals surface area contributed by atoms with Crippen molar-refractivity contribution in [3.63, 3.8) is 0 Å². The van der Waals surface area contributed by atoms with Gasteiger partial charge in [0.2, 0.25) is 5.91 Å². The Labute approximate surface area is 191 Å². The van der Waals surface area contributed by atoms with Crippen LogP contribution in [0.4, 0.5) is 0 Å². The third-order valence-electron chi connectivity index (χ3n) is 5.64. The van der Waals surface area contributed by atoms with Crippen molar-refractivity contribution >= 4 is 33.5 Å². The van der Waals surface area contributed by atoms with Gasteiger partial charge in [0.25, 0.3) is 0 Å². The highest BCUT2D eigenvalue weighted by Crippen LogP contribution is 2.23. The minimum Gasteiger partial charge on any atom is -0.337 e. The number of thiazole rings is 1. The molecule has 0 atom stereocenters. The third-order valence-corrected chi connectivity index (χ3v) is 6.66. The quantitative estimate of drug-likeness (QED) is 0.424. The SMILES string of the molecule is O=C(/C=C/c1cnn(Cc2ccccc2)c1)N1CCN(Cc2nc3ccccc3s2)CC1. The number of para-hydroxylation sites is 1. The summed E-state index contributed by atoms with van der Waals surface area (Å²) in [4.78, 5) is 21.7. The van der Waals surface area contributed by atoms with Crippen molar-refractivity contribution in [3.05, 3.63) is 89.2 Å². The first kappa shape index (κ1) is 20.6. The van der Waals surface area contributed by atoms with Crippen molar-refractivity contribution in [3.8, 4) is 0 Å². The lowest BCUT2D eigenvalue weighted by Gasteiger charge is -2.33. The van der Waals surface area contributed by atoms with Gasteiger partial charge in [-0.3, -0.25) is 14.4 Å². The van der Waals surface area contributed by atoms with E-state index in [0.717, 1.165) is 55.4 Å². The summed E-state index contributed by atoms with van der Waals surface area (Å²) in [5, 5.41) is 5.53. The van der Waals surface area contributed by atoms with E-state index in [9.17, 15) is 4.79 Å². The number of aromatic nitrogens is 3. The molecule has 0 aliphatic carbocycles. The second-order valence-electron chi connectivity index (χ2n) is 7.97. The molecule has 1 aliphatic heterocycles. The molecule has 6 nitrogen and oxygen atoms in total. The lowest BCUT2D eigenvalue weighted by molar-refractivity contribution is -0.127. The summed E-state index contributed by atoms with van der Waals surface area (Å²) < 4.78 is 3.12. The van der Waals surface area contributed by atoms with E-state index in [1.807, 2.05) is 46.1 Å². The molecule has 5 rings (SSSR count). The number of carbonyl (C=O) groups excluding carboxylic acids is 1. The van der Waals surface area contributed by atoms with Crippen LogP contribution in [0.1, 0.15) is 16.1 Å². The maximum absolute atomic E-state index is 12.6. The number of fused-ring (bicyclic) bond motifs is 1. The van der Waals surface area contributed by atoms with Crippen molar-refractivity contribution in [2.24, 2.45) is 0 Å². The molecule has 3 heterocycles. The van der Waals surface area contributed by atoms with Gasteiger partial charge in [-0.05, 0) is 23.8 Å². The number of benzene rings is 2. The predicted molar refractivity (Wildman–Crippen MR) is 128 cm³/mol. The van der Waals surface area contributed by atoms with Gasteiger partial charge in [-0.2, -0.15) is 5.10 Å². The number of rotatable bonds is 6. The zero-order chi connectivity index (χ0) is 21.8. The Morgan fingerprint density at radius 3 is 2.56 bits per heavy atom. The number of nitrogens with zero attached hydrogens (tertiary/aromatic N) is 5. The van der Waals surface area contributed by atoms with Crippen LogP contribution in [0, 0.1) is 0 Å². The molecule has 7 heteroatoms. The first-order chi connectivity index (χ1) is 15.7. The molecule has 2 aromatic carbocycles. The zero-order valence-corrected chi connectivity index (χ0v) is 18.6. The normalized spacial score (nSPS) is 15.1. The summed E-state index contributed by atoms with van der Waals surface area (Å²) in [6.45, 7) is 4.77. The molecule has 1 amide bonds. The molecule has 2 aromatic heterocycles. The monoisotopic (exact) mass is 443 g/mol. The fourth-order valence-corrected chi connectivity index (χ4v) is 4.91. The molecule has 0 saturated carbocycles. The van der Waals surface area contributed by atoms with E-state index in [1.54, 1.807) is 23.6 Å². The number of amides is 1. The molecule has 4 aromatic rings. The Morgan fingerprint density at radius 2 is 1.75 bits per heavy atom. The maximum Gasteiger partial charge on any atom is 0.246 e. The second-order valence-corrected chi connectivity index (χ2v) is 9.08. The standard InChI is InChI=1S/C25H25N5OS/c31-25(11-10-21-16-26-30(18-21)17-20-6-2-1-3-7-20)29-14-12-28(13-15-29)19-24-27-22-8-4-5-9-23(22)32-24/h1-11,16,18H,12-15,17,19H2/b11-10+. The van der Waals surface area contributed by atoms with Gasteiger partial charge in [-0.1, -0.05) is 42.5 Å². The van der Waals surface area contributed by atoms with Gasteiger partial charge in [0.15, 0.2) is 0 Å². The molecule has 1 saturated heterocycles. The van der Waals surface area contributed by atoms with Crippen molar-refractivity contribution < 1.29 is 4.79 Å². The molecule has 0 N–H and O–H groups in total. The van der Waals surface area contributed by atoms with Gasteiger partial charge < -0.3 is 4.90 Å². The van der Waals surface area contributed by atoms with Crippen molar-refractivity contribution in [2.75, 3.05) is 26.2 Å². The first-order valence-corrected chi connectivity index (χ1v) is 11.6. The minimum atomic E-state index is 0.0560. The Morgan fingerprint density at radius 1 is 0.969 bits per heavy atom. The second kappa shape index (κ2) is 9.46. The van der Waals surface area contributed by atoms with Crippen LogP contribution in [0.25, 0.3) is 16.3 Å². The molecule has 0 radical (unpaired) electrons. The van der Waals surface area contributed by atoms with Crippen LogP contribution >= 0.6 is 11.3 Å². The molecule has 162 valence electrons. The van der Waals surface area contributed by atoms with Crippen LogP contribution < -0.4 is 0 Å². The van der Waals surface area contributed by atoms with Crippen LogP contribution in [-0.2, 0) is 17.9 Å². The summed E-state index contributed by atoms with van der Waals surface area (Å²) in [6, 6.07) is 18.5. The summed E-state index contributed by atoms with van der Waals surface area (Å²) in [6.07, 6.45) is 7.27. The molecular formula is C25H25N5OS. The van der Waals surface area contributed by atoms with Crippen LogP contribution in [0.5, 0.6) is 0 Å². The van der Waals surface area contributed by atoms with Crippen LogP contribution in [-0.4, -0.2) is 56.7 Å². The van der Waals surface area contributed by atoms with E-state index in [4.69, 9.17) is 4.98 Å². The largest absolute Gasteiger partial charge is 0.337 e. The van der Waals surface area contributed by atoms with Gasteiger partial charge >= 0.3 is 0 Å². The molecule has 1 aliphatic rings. The summed E-state index contributed by atoms with van der Waals surface area (Å²) in [5.74, 6) is 0.0560. The van der Waals surface area contributed by atoms with Gasteiger partial charge in [-0.15, -0.1) is 11.3 Å². The Bertz CT molecular complexity index is 1190. The van der Waals surface area contributed by atoms with Gasteiger partial charge in [0.1, 0.15) is 5.01 Å². The van der Waals surface area contributed by atoms with Gasteiger partial charge in [0.05, 0.1) is 29.5 Å². The highest BCUT2D eigenvalue weighted by atomic mass is 32.1. The number of hydrogen-bond acceptors (Lipinski definition) is 5. The topological polar surface area (TPSA) is 54.3 Å². The molecule has 32 heavy (non-hydrogen) atoms. The van der Waals surface area contributed by atoms with Gasteiger partial charge in [-0.25, -0.2) is 4.98 Å². The minimum absolute atomic E-state index is 0.0560. The van der Waals surface area contributed by atoms with Crippen molar-refractivity contribution in [1.82, 2.24) is 24.6 Å². The van der Waals surface area contributed by atoms with E-state index >= 15 is 0 Å². The highest BCUT2D eigenvalue weighted by molar-refractivity contribution is 7.18. The summed E-state index contributed by atoms with van der Waals surface area (Å²) in [7, 11) is 0. The number of carbonyl (C=O) groups is 1. The lowest BCUT2D eigenvalue weighted by atomic mass is 10.2. The molecule has 1 fully saturated rings.